The molecule has 0 fully saturated rings. The predicted molar refractivity (Wildman–Crippen MR) is 60.3 cm³/mol. The van der Waals surface area contributed by atoms with Crippen LogP contribution in [0, 0.1) is 0 Å². The smallest absolute Gasteiger partial charge is 0.180 e. The molecule has 3 nitrogen and oxygen atoms in total. The summed E-state index contributed by atoms with van der Waals surface area (Å²) in [5.41, 5.74) is 0.867. The van der Waals surface area contributed by atoms with E-state index in [4.69, 9.17) is 5.11 Å². The fourth-order valence-corrected chi connectivity index (χ4v) is 2.60. The Bertz CT molecular complexity index is 429. The zero-order valence-corrected chi connectivity index (χ0v) is 9.37. The van der Waals surface area contributed by atoms with E-state index in [2.05, 4.69) is 6.58 Å². The minimum atomic E-state index is -3.37. The summed E-state index contributed by atoms with van der Waals surface area (Å²) in [6.45, 7) is 5.04. The SMILES string of the molecule is C=Cc1ccc(S(=O)(=O)CC(C)O)cc1. The summed E-state index contributed by atoms with van der Waals surface area (Å²) in [7, 11) is -3.37. The molecule has 0 aliphatic rings. The highest BCUT2D eigenvalue weighted by Gasteiger charge is 2.16. The van der Waals surface area contributed by atoms with E-state index in [0.717, 1.165) is 5.56 Å². The maximum atomic E-state index is 11.7. The van der Waals surface area contributed by atoms with Gasteiger partial charge in [0.2, 0.25) is 0 Å². The van der Waals surface area contributed by atoms with Gasteiger partial charge in [0.25, 0.3) is 0 Å². The Kier molecular flexibility index (Phi) is 3.66. The Morgan fingerprint density at radius 1 is 1.40 bits per heavy atom. The zero-order chi connectivity index (χ0) is 11.5. The van der Waals surface area contributed by atoms with E-state index >= 15 is 0 Å². The van der Waals surface area contributed by atoms with Crippen LogP contribution in [-0.4, -0.2) is 25.4 Å². The Morgan fingerprint density at radius 2 is 1.93 bits per heavy atom. The van der Waals surface area contributed by atoms with Gasteiger partial charge < -0.3 is 5.11 Å². The molecule has 0 heterocycles. The average molecular weight is 226 g/mol. The Balaban J connectivity index is 3.00. The van der Waals surface area contributed by atoms with Crippen molar-refractivity contribution >= 4 is 15.9 Å². The van der Waals surface area contributed by atoms with Crippen molar-refractivity contribution in [3.8, 4) is 0 Å². The van der Waals surface area contributed by atoms with Gasteiger partial charge in [-0.25, -0.2) is 8.42 Å². The minimum absolute atomic E-state index is 0.231. The van der Waals surface area contributed by atoms with Crippen molar-refractivity contribution in [2.45, 2.75) is 17.9 Å². The van der Waals surface area contributed by atoms with Gasteiger partial charge in [0.1, 0.15) is 0 Å². The highest BCUT2D eigenvalue weighted by atomic mass is 32.2. The lowest BCUT2D eigenvalue weighted by atomic mass is 10.2. The monoisotopic (exact) mass is 226 g/mol. The number of benzene rings is 1. The van der Waals surface area contributed by atoms with Crippen molar-refractivity contribution in [1.82, 2.24) is 0 Å². The summed E-state index contributed by atoms with van der Waals surface area (Å²) in [6.07, 6.45) is 0.791. The van der Waals surface area contributed by atoms with Gasteiger partial charge in [-0.15, -0.1) is 0 Å². The second-order valence-electron chi connectivity index (χ2n) is 3.40. The van der Waals surface area contributed by atoms with Crippen LogP contribution in [0.15, 0.2) is 35.7 Å². The van der Waals surface area contributed by atoms with Crippen LogP contribution in [0.5, 0.6) is 0 Å². The molecule has 15 heavy (non-hydrogen) atoms. The summed E-state index contributed by atoms with van der Waals surface area (Å²) in [6, 6.07) is 6.41. The fraction of sp³-hybridized carbons (Fsp3) is 0.273. The lowest BCUT2D eigenvalue weighted by molar-refractivity contribution is 0.218. The van der Waals surface area contributed by atoms with Crippen LogP contribution >= 0.6 is 0 Å². The van der Waals surface area contributed by atoms with Crippen LogP contribution in [0.25, 0.3) is 6.08 Å². The second kappa shape index (κ2) is 4.59. The van der Waals surface area contributed by atoms with Crippen LogP contribution in [0.4, 0.5) is 0 Å². The maximum Gasteiger partial charge on any atom is 0.180 e. The molecule has 0 aromatic heterocycles. The van der Waals surface area contributed by atoms with E-state index in [1.165, 1.54) is 19.1 Å². The van der Waals surface area contributed by atoms with E-state index in [9.17, 15) is 8.42 Å². The Morgan fingerprint density at radius 3 is 2.33 bits per heavy atom. The van der Waals surface area contributed by atoms with Crippen LogP contribution in [-0.2, 0) is 9.84 Å². The van der Waals surface area contributed by atoms with Gasteiger partial charge in [0.15, 0.2) is 9.84 Å². The fourth-order valence-electron chi connectivity index (χ4n) is 1.23. The predicted octanol–water partition coefficient (Wildman–Crippen LogP) is 1.48. The van der Waals surface area contributed by atoms with Crippen molar-refractivity contribution in [3.05, 3.63) is 36.4 Å². The van der Waals surface area contributed by atoms with Gasteiger partial charge in [-0.2, -0.15) is 0 Å². The first-order valence-corrected chi connectivity index (χ1v) is 6.24. The molecule has 0 amide bonds. The molecular formula is C11H14O3S. The summed E-state index contributed by atoms with van der Waals surface area (Å²) in [5, 5.41) is 9.05. The van der Waals surface area contributed by atoms with E-state index in [1.807, 2.05) is 0 Å². The molecule has 0 spiro atoms. The van der Waals surface area contributed by atoms with Gasteiger partial charge >= 0.3 is 0 Å². The third-order valence-electron chi connectivity index (χ3n) is 1.94. The molecule has 0 saturated carbocycles. The molecule has 1 rings (SSSR count). The first-order chi connectivity index (χ1) is 6.95. The van der Waals surface area contributed by atoms with Crippen LogP contribution in [0.2, 0.25) is 0 Å². The Labute approximate surface area is 90.0 Å². The largest absolute Gasteiger partial charge is 0.392 e. The molecule has 1 unspecified atom stereocenters. The van der Waals surface area contributed by atoms with Crippen LogP contribution < -0.4 is 0 Å². The molecular weight excluding hydrogens is 212 g/mol. The maximum absolute atomic E-state index is 11.7. The molecule has 0 aliphatic carbocycles. The highest BCUT2D eigenvalue weighted by molar-refractivity contribution is 7.91. The lowest BCUT2D eigenvalue weighted by Gasteiger charge is -2.06. The van der Waals surface area contributed by atoms with E-state index in [-0.39, 0.29) is 10.6 Å². The Hall–Kier alpha value is -1.13. The van der Waals surface area contributed by atoms with E-state index in [1.54, 1.807) is 18.2 Å². The van der Waals surface area contributed by atoms with E-state index in [0.29, 0.717) is 0 Å². The quantitative estimate of drug-likeness (QED) is 0.846. The van der Waals surface area contributed by atoms with Crippen LogP contribution in [0.3, 0.4) is 0 Å². The van der Waals surface area contributed by atoms with Crippen molar-refractivity contribution in [3.63, 3.8) is 0 Å². The molecule has 4 heteroatoms. The van der Waals surface area contributed by atoms with Crippen molar-refractivity contribution in [2.75, 3.05) is 5.75 Å². The molecule has 82 valence electrons. The third-order valence-corrected chi connectivity index (χ3v) is 3.85. The minimum Gasteiger partial charge on any atom is -0.392 e. The number of rotatable bonds is 4. The van der Waals surface area contributed by atoms with Crippen molar-refractivity contribution < 1.29 is 13.5 Å². The van der Waals surface area contributed by atoms with Crippen molar-refractivity contribution in [2.24, 2.45) is 0 Å². The summed E-state index contributed by atoms with van der Waals surface area (Å²) in [5.74, 6) is -0.250. The summed E-state index contributed by atoms with van der Waals surface area (Å²) < 4.78 is 23.3. The molecule has 0 aliphatic heterocycles. The van der Waals surface area contributed by atoms with Crippen LogP contribution in [0.1, 0.15) is 12.5 Å². The van der Waals surface area contributed by atoms with E-state index < -0.39 is 15.9 Å². The molecule has 1 N–H and O–H groups in total. The standard InChI is InChI=1S/C11H14O3S/c1-3-10-4-6-11(7-5-10)15(13,14)8-9(2)12/h3-7,9,12H,1,8H2,2H3. The average Bonchev–Trinajstić information content (AvgIpc) is 2.16. The number of aliphatic hydroxyl groups excluding tert-OH is 1. The topological polar surface area (TPSA) is 54.4 Å². The molecule has 1 aromatic carbocycles. The van der Waals surface area contributed by atoms with Gasteiger partial charge in [-0.3, -0.25) is 0 Å². The van der Waals surface area contributed by atoms with Gasteiger partial charge in [0.05, 0.1) is 16.8 Å². The normalized spacial score (nSPS) is 13.5. The third kappa shape index (κ3) is 3.18. The molecule has 0 bridgehead atoms. The lowest BCUT2D eigenvalue weighted by Crippen LogP contribution is -2.17. The number of sulfone groups is 1. The molecule has 0 saturated heterocycles. The van der Waals surface area contributed by atoms with Gasteiger partial charge in [-0.1, -0.05) is 24.8 Å². The zero-order valence-electron chi connectivity index (χ0n) is 8.55. The molecule has 1 atom stereocenters. The summed E-state index contributed by atoms with van der Waals surface area (Å²) in [4.78, 5) is 0.231. The molecule has 0 radical (unpaired) electrons. The second-order valence-corrected chi connectivity index (χ2v) is 5.44. The number of hydrogen-bond donors (Lipinski definition) is 1. The molecule has 1 aromatic rings. The van der Waals surface area contributed by atoms with Gasteiger partial charge in [0, 0.05) is 0 Å². The van der Waals surface area contributed by atoms with Gasteiger partial charge in [-0.05, 0) is 24.6 Å². The first-order valence-electron chi connectivity index (χ1n) is 4.59. The van der Waals surface area contributed by atoms with Crippen molar-refractivity contribution in [1.29, 1.82) is 0 Å². The summed E-state index contributed by atoms with van der Waals surface area (Å²) >= 11 is 0. The number of hydrogen-bond acceptors (Lipinski definition) is 3. The highest BCUT2D eigenvalue weighted by Crippen LogP contribution is 2.13. The number of aliphatic hydroxyl groups is 1. The first kappa shape index (κ1) is 11.9.